The molecule has 1 aliphatic rings. The first-order valence-electron chi connectivity index (χ1n) is 6.00. The van der Waals surface area contributed by atoms with Crippen molar-refractivity contribution in [2.45, 2.75) is 13.0 Å². The van der Waals surface area contributed by atoms with Crippen molar-refractivity contribution in [3.63, 3.8) is 0 Å². The van der Waals surface area contributed by atoms with Gasteiger partial charge in [0.05, 0.1) is 0 Å². The zero-order chi connectivity index (χ0) is 12.5. The molecule has 0 atom stereocenters. The highest BCUT2D eigenvalue weighted by Gasteiger charge is 2.19. The highest BCUT2D eigenvalue weighted by Crippen LogP contribution is 2.30. The van der Waals surface area contributed by atoms with Crippen LogP contribution in [0.3, 0.4) is 0 Å². The summed E-state index contributed by atoms with van der Waals surface area (Å²) < 4.78 is 14.4. The third-order valence-corrected chi connectivity index (χ3v) is 3.85. The van der Waals surface area contributed by atoms with Crippen LogP contribution in [0.25, 0.3) is 0 Å². The van der Waals surface area contributed by atoms with Crippen LogP contribution < -0.4 is 4.90 Å². The largest absolute Gasteiger partial charge is 0.367 e. The molecular formula is C15H13BrFN. The first-order valence-corrected chi connectivity index (χ1v) is 6.79. The van der Waals surface area contributed by atoms with Crippen LogP contribution in [0.1, 0.15) is 11.1 Å². The third kappa shape index (κ3) is 2.27. The summed E-state index contributed by atoms with van der Waals surface area (Å²) in [6.45, 7) is 1.80. The van der Waals surface area contributed by atoms with E-state index in [4.69, 9.17) is 0 Å². The Balaban J connectivity index is 1.84. The number of benzene rings is 2. The van der Waals surface area contributed by atoms with Gasteiger partial charge in [0.1, 0.15) is 5.82 Å². The summed E-state index contributed by atoms with van der Waals surface area (Å²) in [6.07, 6.45) is 1.01. The quantitative estimate of drug-likeness (QED) is 0.805. The lowest BCUT2D eigenvalue weighted by atomic mass is 10.1. The van der Waals surface area contributed by atoms with Crippen molar-refractivity contribution in [1.82, 2.24) is 0 Å². The lowest BCUT2D eigenvalue weighted by Gasteiger charge is -2.19. The maximum atomic E-state index is 13.3. The van der Waals surface area contributed by atoms with E-state index in [0.717, 1.165) is 29.7 Å². The first kappa shape index (κ1) is 11.7. The molecule has 0 fully saturated rings. The van der Waals surface area contributed by atoms with Crippen molar-refractivity contribution in [1.29, 1.82) is 0 Å². The molecular weight excluding hydrogens is 293 g/mol. The smallest absolute Gasteiger partial charge is 0.125 e. The van der Waals surface area contributed by atoms with Gasteiger partial charge in [0.15, 0.2) is 0 Å². The Bertz CT molecular complexity index is 565. The van der Waals surface area contributed by atoms with Crippen molar-refractivity contribution < 1.29 is 4.39 Å². The Morgan fingerprint density at radius 3 is 2.67 bits per heavy atom. The minimum absolute atomic E-state index is 0.156. The number of halogens is 2. The molecule has 2 aromatic rings. The van der Waals surface area contributed by atoms with Crippen LogP contribution in [0.15, 0.2) is 46.9 Å². The maximum Gasteiger partial charge on any atom is 0.125 e. The summed E-state index contributed by atoms with van der Waals surface area (Å²) in [7, 11) is 0. The van der Waals surface area contributed by atoms with Gasteiger partial charge in [-0.15, -0.1) is 0 Å². The van der Waals surface area contributed by atoms with Gasteiger partial charge in [-0.1, -0.05) is 34.1 Å². The van der Waals surface area contributed by atoms with E-state index >= 15 is 0 Å². The summed E-state index contributed by atoms with van der Waals surface area (Å²) in [5.41, 5.74) is 3.53. The number of rotatable bonds is 2. The summed E-state index contributed by atoms with van der Waals surface area (Å²) in [5, 5.41) is 0. The fraction of sp³-hybridized carbons (Fsp3) is 0.200. The van der Waals surface area contributed by atoms with E-state index in [-0.39, 0.29) is 5.82 Å². The molecule has 0 radical (unpaired) electrons. The Kier molecular flexibility index (Phi) is 3.08. The zero-order valence-corrected chi connectivity index (χ0v) is 11.5. The fourth-order valence-corrected chi connectivity index (χ4v) is 2.66. The van der Waals surface area contributed by atoms with Crippen molar-refractivity contribution in [3.05, 3.63) is 63.9 Å². The molecule has 1 heterocycles. The van der Waals surface area contributed by atoms with Gasteiger partial charge in [-0.25, -0.2) is 4.39 Å². The Morgan fingerprint density at radius 2 is 1.89 bits per heavy atom. The van der Waals surface area contributed by atoms with Crippen LogP contribution >= 0.6 is 15.9 Å². The second kappa shape index (κ2) is 4.73. The van der Waals surface area contributed by atoms with E-state index < -0.39 is 0 Å². The average Bonchev–Trinajstić information content (AvgIpc) is 2.75. The monoisotopic (exact) mass is 305 g/mol. The lowest BCUT2D eigenvalue weighted by molar-refractivity contribution is 0.627. The molecule has 18 heavy (non-hydrogen) atoms. The Labute approximate surface area is 114 Å². The van der Waals surface area contributed by atoms with Crippen molar-refractivity contribution in [3.8, 4) is 0 Å². The molecule has 92 valence electrons. The van der Waals surface area contributed by atoms with Crippen molar-refractivity contribution in [2.24, 2.45) is 0 Å². The molecule has 1 nitrogen and oxygen atoms in total. The minimum Gasteiger partial charge on any atom is -0.367 e. The van der Waals surface area contributed by atoms with Crippen LogP contribution in [-0.2, 0) is 13.0 Å². The highest BCUT2D eigenvalue weighted by atomic mass is 79.9. The molecule has 0 spiro atoms. The molecule has 0 aromatic heterocycles. The molecule has 3 rings (SSSR count). The van der Waals surface area contributed by atoms with Crippen LogP contribution in [0.2, 0.25) is 0 Å². The summed E-state index contributed by atoms with van der Waals surface area (Å²) in [6, 6.07) is 13.4. The topological polar surface area (TPSA) is 3.24 Å². The number of nitrogens with zero attached hydrogens (tertiary/aromatic N) is 1. The summed E-state index contributed by atoms with van der Waals surface area (Å²) in [4.78, 5) is 2.24. The predicted molar refractivity (Wildman–Crippen MR) is 75.3 cm³/mol. The van der Waals surface area contributed by atoms with Gasteiger partial charge < -0.3 is 4.90 Å². The van der Waals surface area contributed by atoms with E-state index in [1.807, 2.05) is 18.2 Å². The average molecular weight is 306 g/mol. The number of anilines is 1. The van der Waals surface area contributed by atoms with Gasteiger partial charge in [0, 0.05) is 23.2 Å². The molecule has 0 aliphatic carbocycles. The molecule has 0 saturated carbocycles. The van der Waals surface area contributed by atoms with Crippen molar-refractivity contribution >= 4 is 21.6 Å². The normalized spacial score (nSPS) is 13.8. The second-order valence-corrected chi connectivity index (χ2v) is 5.49. The molecule has 0 amide bonds. The third-order valence-electron chi connectivity index (χ3n) is 3.33. The molecule has 0 bridgehead atoms. The number of hydrogen-bond donors (Lipinski definition) is 0. The minimum atomic E-state index is -0.156. The van der Waals surface area contributed by atoms with Gasteiger partial charge in [0.2, 0.25) is 0 Å². The molecule has 0 unspecified atom stereocenters. The molecule has 0 saturated heterocycles. The van der Waals surface area contributed by atoms with Crippen LogP contribution in [0, 0.1) is 5.82 Å². The van der Waals surface area contributed by atoms with Gasteiger partial charge in [-0.2, -0.15) is 0 Å². The maximum absolute atomic E-state index is 13.3. The zero-order valence-electron chi connectivity index (χ0n) is 9.87. The van der Waals surface area contributed by atoms with Crippen LogP contribution in [0.5, 0.6) is 0 Å². The van der Waals surface area contributed by atoms with Gasteiger partial charge in [-0.05, 0) is 41.8 Å². The number of hydrogen-bond acceptors (Lipinski definition) is 1. The lowest BCUT2D eigenvalue weighted by Crippen LogP contribution is -2.19. The highest BCUT2D eigenvalue weighted by molar-refractivity contribution is 9.10. The second-order valence-electron chi connectivity index (χ2n) is 4.57. The molecule has 0 N–H and O–H groups in total. The van der Waals surface area contributed by atoms with Crippen LogP contribution in [0.4, 0.5) is 10.1 Å². The van der Waals surface area contributed by atoms with E-state index in [9.17, 15) is 4.39 Å². The van der Waals surface area contributed by atoms with E-state index in [0.29, 0.717) is 0 Å². The molecule has 2 aromatic carbocycles. The molecule has 1 aliphatic heterocycles. The van der Waals surface area contributed by atoms with Gasteiger partial charge >= 0.3 is 0 Å². The Hall–Kier alpha value is -1.35. The van der Waals surface area contributed by atoms with Crippen LogP contribution in [-0.4, -0.2) is 6.54 Å². The molecule has 3 heteroatoms. The van der Waals surface area contributed by atoms with E-state index in [1.165, 1.54) is 11.1 Å². The standard InChI is InChI=1S/C15H13BrFN/c16-13-4-1-11(2-5-13)10-18-8-7-12-3-6-14(17)9-15(12)18/h1-6,9H,7-8,10H2. The van der Waals surface area contributed by atoms with Gasteiger partial charge in [-0.3, -0.25) is 0 Å². The summed E-state index contributed by atoms with van der Waals surface area (Å²) in [5.74, 6) is -0.156. The SMILES string of the molecule is Fc1ccc2c(c1)N(Cc1ccc(Br)cc1)CC2. The van der Waals surface area contributed by atoms with Gasteiger partial charge in [0.25, 0.3) is 0 Å². The first-order chi connectivity index (χ1) is 8.72. The number of fused-ring (bicyclic) bond motifs is 1. The van der Waals surface area contributed by atoms with E-state index in [1.54, 1.807) is 12.1 Å². The fourth-order valence-electron chi connectivity index (χ4n) is 2.39. The Morgan fingerprint density at radius 1 is 1.11 bits per heavy atom. The van der Waals surface area contributed by atoms with E-state index in [2.05, 4.69) is 33.0 Å². The summed E-state index contributed by atoms with van der Waals surface area (Å²) >= 11 is 3.43. The predicted octanol–water partition coefficient (Wildman–Crippen LogP) is 4.15. The van der Waals surface area contributed by atoms with Crippen molar-refractivity contribution in [2.75, 3.05) is 11.4 Å².